The van der Waals surface area contributed by atoms with Crippen LogP contribution in [0.1, 0.15) is 34.7 Å². The first-order chi connectivity index (χ1) is 12.6. The van der Waals surface area contributed by atoms with Crippen LogP contribution in [0.25, 0.3) is 0 Å². The Hall–Kier alpha value is -2.76. The van der Waals surface area contributed by atoms with Crippen molar-refractivity contribution in [3.05, 3.63) is 47.5 Å². The van der Waals surface area contributed by atoms with Gasteiger partial charge >= 0.3 is 0 Å². The number of pyridine rings is 1. The monoisotopic (exact) mass is 354 g/mol. The summed E-state index contributed by atoms with van der Waals surface area (Å²) >= 11 is 0. The van der Waals surface area contributed by atoms with Gasteiger partial charge in [-0.05, 0) is 24.7 Å². The zero-order valence-corrected chi connectivity index (χ0v) is 14.9. The minimum Gasteiger partial charge on any atom is -0.373 e. The molecular formula is C18H22N6O2. The van der Waals surface area contributed by atoms with E-state index in [1.165, 1.54) is 12.3 Å². The largest absolute Gasteiger partial charge is 0.373 e. The number of aryl methyl sites for hydroxylation is 1. The number of hydrogen-bond acceptors (Lipinski definition) is 6. The fourth-order valence-electron chi connectivity index (χ4n) is 3.29. The smallest absolute Gasteiger partial charge is 0.251 e. The molecule has 0 saturated carbocycles. The van der Waals surface area contributed by atoms with E-state index >= 15 is 0 Å². The minimum atomic E-state index is -0.245. The summed E-state index contributed by atoms with van der Waals surface area (Å²) in [6, 6.07) is 7.02. The van der Waals surface area contributed by atoms with E-state index in [9.17, 15) is 4.79 Å². The Kier molecular flexibility index (Phi) is 5.61. The molecule has 1 amide bonds. The lowest BCUT2D eigenvalue weighted by atomic mass is 10.0. The van der Waals surface area contributed by atoms with E-state index in [0.29, 0.717) is 18.7 Å². The van der Waals surface area contributed by atoms with Gasteiger partial charge < -0.3 is 10.1 Å². The predicted molar refractivity (Wildman–Crippen MR) is 94.2 cm³/mol. The average Bonchev–Trinajstić information content (AvgIpc) is 3.11. The quantitative estimate of drug-likeness (QED) is 0.856. The Labute approximate surface area is 152 Å². The number of ether oxygens (including phenoxy) is 1. The highest BCUT2D eigenvalue weighted by Gasteiger charge is 2.34. The van der Waals surface area contributed by atoms with Gasteiger partial charge in [-0.3, -0.25) is 14.4 Å². The second-order valence-corrected chi connectivity index (χ2v) is 6.11. The third kappa shape index (κ3) is 3.74. The Morgan fingerprint density at radius 3 is 3.00 bits per heavy atom. The van der Waals surface area contributed by atoms with E-state index in [4.69, 9.17) is 10.00 Å². The van der Waals surface area contributed by atoms with Gasteiger partial charge in [-0.1, -0.05) is 6.92 Å². The van der Waals surface area contributed by atoms with Gasteiger partial charge in [-0.2, -0.15) is 10.4 Å². The van der Waals surface area contributed by atoms with Crippen molar-refractivity contribution in [2.24, 2.45) is 7.05 Å². The number of carbonyl (C=O) groups excluding carboxylic acids is 1. The highest BCUT2D eigenvalue weighted by molar-refractivity contribution is 5.94. The second kappa shape index (κ2) is 8.08. The molecule has 0 radical (unpaired) electrons. The van der Waals surface area contributed by atoms with E-state index in [-0.39, 0.29) is 23.7 Å². The maximum Gasteiger partial charge on any atom is 0.251 e. The molecule has 136 valence electrons. The van der Waals surface area contributed by atoms with Gasteiger partial charge in [-0.25, -0.2) is 4.98 Å². The SMILES string of the molecule is CCN1CCO[C@@H](CNC(=O)c2ccnc(C#N)c2)[C@@H]1c1ccnn1C. The Morgan fingerprint density at radius 1 is 1.46 bits per heavy atom. The van der Waals surface area contributed by atoms with Crippen LogP contribution in [0.4, 0.5) is 0 Å². The van der Waals surface area contributed by atoms with Crippen molar-refractivity contribution in [3.63, 3.8) is 0 Å². The van der Waals surface area contributed by atoms with Crippen molar-refractivity contribution in [2.75, 3.05) is 26.2 Å². The molecule has 2 aromatic rings. The van der Waals surface area contributed by atoms with Crippen molar-refractivity contribution < 1.29 is 9.53 Å². The van der Waals surface area contributed by atoms with Crippen molar-refractivity contribution >= 4 is 5.91 Å². The Bertz CT molecular complexity index is 812. The topological polar surface area (TPSA) is 96.1 Å². The van der Waals surface area contributed by atoms with Gasteiger partial charge in [0.15, 0.2) is 0 Å². The molecule has 2 atom stereocenters. The summed E-state index contributed by atoms with van der Waals surface area (Å²) in [4.78, 5) is 18.6. The first kappa shape index (κ1) is 18.0. The fourth-order valence-corrected chi connectivity index (χ4v) is 3.29. The molecule has 0 unspecified atom stereocenters. The molecule has 26 heavy (non-hydrogen) atoms. The van der Waals surface area contributed by atoms with Gasteiger partial charge in [-0.15, -0.1) is 0 Å². The summed E-state index contributed by atoms with van der Waals surface area (Å²) in [5.41, 5.74) is 1.69. The number of likely N-dealkylation sites (N-methyl/N-ethyl adjacent to an activating group) is 1. The molecule has 1 aliphatic rings. The number of morpholine rings is 1. The molecule has 1 aliphatic heterocycles. The number of aromatic nitrogens is 3. The number of nitriles is 1. The molecule has 1 N–H and O–H groups in total. The summed E-state index contributed by atoms with van der Waals surface area (Å²) in [6.07, 6.45) is 3.05. The molecular weight excluding hydrogens is 332 g/mol. The number of amides is 1. The lowest BCUT2D eigenvalue weighted by Crippen LogP contribution is -2.50. The van der Waals surface area contributed by atoms with Gasteiger partial charge in [0.1, 0.15) is 11.8 Å². The highest BCUT2D eigenvalue weighted by atomic mass is 16.5. The van der Waals surface area contributed by atoms with Crippen molar-refractivity contribution in [3.8, 4) is 6.07 Å². The standard InChI is InChI=1S/C18H22N6O2/c1-3-24-8-9-26-16(17(24)15-5-7-22-23(15)2)12-21-18(25)13-4-6-20-14(10-13)11-19/h4-7,10,16-17H,3,8-9,12H2,1-2H3,(H,21,25)/t16-,17-/m0/s1. The number of hydrogen-bond donors (Lipinski definition) is 1. The van der Waals surface area contributed by atoms with E-state index in [1.54, 1.807) is 12.3 Å². The van der Waals surface area contributed by atoms with Gasteiger partial charge in [0.2, 0.25) is 0 Å². The van der Waals surface area contributed by atoms with Gasteiger partial charge in [0.05, 0.1) is 24.4 Å². The number of carbonyl (C=O) groups is 1. The normalized spacial score (nSPS) is 20.5. The molecule has 0 aromatic carbocycles. The zero-order chi connectivity index (χ0) is 18.5. The first-order valence-corrected chi connectivity index (χ1v) is 8.62. The molecule has 0 bridgehead atoms. The zero-order valence-electron chi connectivity index (χ0n) is 14.9. The molecule has 8 heteroatoms. The summed E-state index contributed by atoms with van der Waals surface area (Å²) in [6.45, 7) is 4.84. The second-order valence-electron chi connectivity index (χ2n) is 6.11. The third-order valence-corrected chi connectivity index (χ3v) is 4.62. The van der Waals surface area contributed by atoms with Crippen LogP contribution in [0.15, 0.2) is 30.6 Å². The first-order valence-electron chi connectivity index (χ1n) is 8.62. The summed E-state index contributed by atoms with van der Waals surface area (Å²) in [7, 11) is 1.91. The third-order valence-electron chi connectivity index (χ3n) is 4.62. The van der Waals surface area contributed by atoms with Crippen molar-refractivity contribution in [1.82, 2.24) is 25.0 Å². The van der Waals surface area contributed by atoms with Crippen LogP contribution in [0, 0.1) is 11.3 Å². The van der Waals surface area contributed by atoms with Crippen LogP contribution in [0.2, 0.25) is 0 Å². The Balaban J connectivity index is 1.73. The van der Waals surface area contributed by atoms with E-state index < -0.39 is 0 Å². The van der Waals surface area contributed by atoms with E-state index in [1.807, 2.05) is 23.9 Å². The van der Waals surface area contributed by atoms with Gasteiger partial charge in [0, 0.05) is 38.1 Å². The van der Waals surface area contributed by atoms with E-state index in [0.717, 1.165) is 18.8 Å². The van der Waals surface area contributed by atoms with Crippen LogP contribution in [0.5, 0.6) is 0 Å². The number of nitrogens with one attached hydrogen (secondary N) is 1. The van der Waals surface area contributed by atoms with Crippen LogP contribution < -0.4 is 5.32 Å². The molecule has 8 nitrogen and oxygen atoms in total. The molecule has 1 fully saturated rings. The lowest BCUT2D eigenvalue weighted by molar-refractivity contribution is -0.0708. The van der Waals surface area contributed by atoms with Crippen molar-refractivity contribution in [2.45, 2.75) is 19.1 Å². The molecule has 3 heterocycles. The maximum absolute atomic E-state index is 12.4. The van der Waals surface area contributed by atoms with E-state index in [2.05, 4.69) is 27.2 Å². The lowest BCUT2D eigenvalue weighted by Gasteiger charge is -2.40. The fraction of sp³-hybridized carbons (Fsp3) is 0.444. The minimum absolute atomic E-state index is 0.0219. The number of nitrogens with zero attached hydrogens (tertiary/aromatic N) is 5. The highest BCUT2D eigenvalue weighted by Crippen LogP contribution is 2.28. The average molecular weight is 354 g/mol. The van der Waals surface area contributed by atoms with Crippen molar-refractivity contribution in [1.29, 1.82) is 5.26 Å². The summed E-state index contributed by atoms with van der Waals surface area (Å²) in [5.74, 6) is -0.245. The maximum atomic E-state index is 12.4. The van der Waals surface area contributed by atoms with Crippen LogP contribution in [0.3, 0.4) is 0 Å². The Morgan fingerprint density at radius 2 is 2.31 bits per heavy atom. The molecule has 0 aliphatic carbocycles. The predicted octanol–water partition coefficient (Wildman–Crippen LogP) is 0.879. The molecule has 2 aromatic heterocycles. The van der Waals surface area contributed by atoms with Crippen LogP contribution >= 0.6 is 0 Å². The number of rotatable bonds is 5. The molecule has 0 spiro atoms. The van der Waals surface area contributed by atoms with Crippen LogP contribution in [-0.2, 0) is 11.8 Å². The summed E-state index contributed by atoms with van der Waals surface area (Å²) < 4.78 is 7.82. The van der Waals surface area contributed by atoms with Gasteiger partial charge in [0.25, 0.3) is 5.91 Å². The molecule has 3 rings (SSSR count). The van der Waals surface area contributed by atoms with Crippen LogP contribution in [-0.4, -0.2) is 57.9 Å². The molecule has 1 saturated heterocycles. The summed E-state index contributed by atoms with van der Waals surface area (Å²) in [5, 5.41) is 16.1.